The van der Waals surface area contributed by atoms with Crippen LogP contribution in [0.25, 0.3) is 16.9 Å². The second kappa shape index (κ2) is 7.15. The molecule has 0 atom stereocenters. The molecule has 26 heavy (non-hydrogen) atoms. The van der Waals surface area contributed by atoms with E-state index in [1.54, 1.807) is 25.6 Å². The molecule has 136 valence electrons. The fourth-order valence-electron chi connectivity index (χ4n) is 3.58. The van der Waals surface area contributed by atoms with Crippen molar-refractivity contribution in [2.24, 2.45) is 0 Å². The molecule has 0 amide bonds. The first-order valence-corrected chi connectivity index (χ1v) is 9.62. The van der Waals surface area contributed by atoms with Gasteiger partial charge in [-0.2, -0.15) is 0 Å². The first-order chi connectivity index (χ1) is 12.7. The summed E-state index contributed by atoms with van der Waals surface area (Å²) in [7, 11) is 1.54. The molecule has 0 aliphatic heterocycles. The average molecular weight is 417 g/mol. The lowest BCUT2D eigenvalue weighted by molar-refractivity contribution is 0.374. The number of halogens is 1. The van der Waals surface area contributed by atoms with E-state index in [0.717, 1.165) is 28.8 Å². The number of nitrogens with zero attached hydrogens (tertiary/aromatic N) is 3. The first kappa shape index (κ1) is 17.1. The number of methoxy groups -OCH3 is 1. The van der Waals surface area contributed by atoms with Crippen LogP contribution in [0.3, 0.4) is 0 Å². The second-order valence-electron chi connectivity index (χ2n) is 6.60. The van der Waals surface area contributed by atoms with Gasteiger partial charge in [0.05, 0.1) is 18.9 Å². The Labute approximate surface area is 160 Å². The Hall–Kier alpha value is -2.28. The summed E-state index contributed by atoms with van der Waals surface area (Å²) in [5.74, 6) is 1.37. The van der Waals surface area contributed by atoms with Crippen molar-refractivity contribution >= 4 is 27.4 Å². The van der Waals surface area contributed by atoms with Gasteiger partial charge in [0.2, 0.25) is 0 Å². The largest absolute Gasteiger partial charge is 0.504 e. The number of phenols is 1. The van der Waals surface area contributed by atoms with E-state index in [2.05, 4.69) is 26.2 Å². The highest BCUT2D eigenvalue weighted by atomic mass is 79.9. The molecule has 2 heterocycles. The lowest BCUT2D eigenvalue weighted by Crippen LogP contribution is -2.23. The second-order valence-corrected chi connectivity index (χ2v) is 7.51. The van der Waals surface area contributed by atoms with Gasteiger partial charge in [0.15, 0.2) is 17.1 Å². The van der Waals surface area contributed by atoms with Gasteiger partial charge in [-0.3, -0.25) is 9.38 Å². The molecule has 0 spiro atoms. The minimum atomic E-state index is 0.0822. The summed E-state index contributed by atoms with van der Waals surface area (Å²) in [5, 5.41) is 14.3. The lowest BCUT2D eigenvalue weighted by Gasteiger charge is -2.24. The number of fused-ring (bicyclic) bond motifs is 1. The fraction of sp³-hybridized carbons (Fsp3) is 0.368. The monoisotopic (exact) mass is 416 g/mol. The number of benzene rings is 1. The number of nitrogens with one attached hydrogen (secondary N) is 1. The van der Waals surface area contributed by atoms with Gasteiger partial charge in [0.1, 0.15) is 11.5 Å². The van der Waals surface area contributed by atoms with Crippen molar-refractivity contribution in [2.45, 2.75) is 38.1 Å². The van der Waals surface area contributed by atoms with Crippen molar-refractivity contribution in [1.82, 2.24) is 14.4 Å². The summed E-state index contributed by atoms with van der Waals surface area (Å²) in [6.45, 7) is 0. The molecule has 1 aromatic carbocycles. The van der Waals surface area contributed by atoms with Crippen LogP contribution in [0.1, 0.15) is 32.1 Å². The van der Waals surface area contributed by atoms with Crippen LogP contribution in [0, 0.1) is 0 Å². The van der Waals surface area contributed by atoms with E-state index in [-0.39, 0.29) is 5.75 Å². The molecule has 1 aliphatic rings. The number of anilines is 1. The average Bonchev–Trinajstić information content (AvgIpc) is 3.02. The molecule has 0 radical (unpaired) electrons. The Balaban J connectivity index is 1.87. The predicted octanol–water partition coefficient (Wildman–Crippen LogP) is 4.62. The van der Waals surface area contributed by atoms with Crippen LogP contribution in [0.2, 0.25) is 0 Å². The number of ether oxygens (including phenoxy) is 1. The summed E-state index contributed by atoms with van der Waals surface area (Å²) >= 11 is 3.49. The van der Waals surface area contributed by atoms with Crippen molar-refractivity contribution in [1.29, 1.82) is 0 Å². The van der Waals surface area contributed by atoms with Crippen molar-refractivity contribution in [3.63, 3.8) is 0 Å². The molecular weight excluding hydrogens is 396 g/mol. The maximum absolute atomic E-state index is 10.7. The highest BCUT2D eigenvalue weighted by Gasteiger charge is 2.23. The maximum Gasteiger partial charge on any atom is 0.167 e. The van der Waals surface area contributed by atoms with Crippen LogP contribution in [0.5, 0.6) is 11.5 Å². The van der Waals surface area contributed by atoms with Crippen LogP contribution in [-0.2, 0) is 0 Å². The molecule has 3 aromatic rings. The van der Waals surface area contributed by atoms with Crippen molar-refractivity contribution in [3.05, 3.63) is 35.2 Å². The first-order valence-electron chi connectivity index (χ1n) is 8.83. The summed E-state index contributed by atoms with van der Waals surface area (Å²) in [6.07, 6.45) is 11.4. The molecule has 6 nitrogen and oxygen atoms in total. The minimum Gasteiger partial charge on any atom is -0.504 e. The van der Waals surface area contributed by atoms with E-state index in [9.17, 15) is 5.11 Å². The molecule has 0 saturated heterocycles. The van der Waals surface area contributed by atoms with Gasteiger partial charge in [-0.15, -0.1) is 0 Å². The number of rotatable bonds is 4. The van der Waals surface area contributed by atoms with E-state index < -0.39 is 0 Å². The number of hydrogen-bond acceptors (Lipinski definition) is 5. The van der Waals surface area contributed by atoms with Crippen LogP contribution in [0.15, 0.2) is 35.2 Å². The van der Waals surface area contributed by atoms with E-state index in [1.165, 1.54) is 19.3 Å². The quantitative estimate of drug-likeness (QED) is 0.649. The summed E-state index contributed by atoms with van der Waals surface area (Å²) in [5.41, 5.74) is 2.05. The zero-order valence-corrected chi connectivity index (χ0v) is 16.2. The van der Waals surface area contributed by atoms with E-state index in [4.69, 9.17) is 9.72 Å². The number of imidazole rings is 1. The van der Waals surface area contributed by atoms with Crippen molar-refractivity contribution < 1.29 is 9.84 Å². The van der Waals surface area contributed by atoms with Crippen LogP contribution < -0.4 is 10.1 Å². The highest BCUT2D eigenvalue weighted by Crippen LogP contribution is 2.42. The van der Waals surface area contributed by atoms with E-state index in [0.29, 0.717) is 23.0 Å². The van der Waals surface area contributed by atoms with Gasteiger partial charge < -0.3 is 15.2 Å². The fourth-order valence-corrected chi connectivity index (χ4v) is 4.02. The molecule has 1 saturated carbocycles. The molecule has 1 aliphatic carbocycles. The van der Waals surface area contributed by atoms with Gasteiger partial charge in [0.25, 0.3) is 0 Å². The van der Waals surface area contributed by atoms with Crippen LogP contribution in [0.4, 0.5) is 5.82 Å². The zero-order chi connectivity index (χ0) is 18.1. The Bertz CT molecular complexity index is 935. The normalized spacial score (nSPS) is 15.3. The smallest absolute Gasteiger partial charge is 0.167 e. The van der Waals surface area contributed by atoms with Gasteiger partial charge in [-0.1, -0.05) is 35.2 Å². The van der Waals surface area contributed by atoms with Gasteiger partial charge in [0, 0.05) is 22.9 Å². The number of aromatic hydroxyl groups is 1. The summed E-state index contributed by atoms with van der Waals surface area (Å²) in [4.78, 5) is 8.90. The SMILES string of the molecule is COc1cc(Br)cc(-c2nc3cnccn3c2NC2CCCCC2)c1O. The molecule has 0 bridgehead atoms. The molecule has 0 unspecified atom stereocenters. The highest BCUT2D eigenvalue weighted by molar-refractivity contribution is 9.10. The molecule has 4 rings (SSSR count). The molecular formula is C19H21BrN4O2. The van der Waals surface area contributed by atoms with Crippen molar-refractivity contribution in [2.75, 3.05) is 12.4 Å². The lowest BCUT2D eigenvalue weighted by atomic mass is 9.95. The van der Waals surface area contributed by atoms with Crippen LogP contribution in [-0.4, -0.2) is 32.6 Å². The number of phenolic OH excluding ortho intramolecular Hbond substituents is 1. The summed E-state index contributed by atoms with van der Waals surface area (Å²) < 4.78 is 8.11. The molecule has 2 aromatic heterocycles. The van der Waals surface area contributed by atoms with Gasteiger partial charge >= 0.3 is 0 Å². The third-order valence-electron chi connectivity index (χ3n) is 4.89. The maximum atomic E-state index is 10.7. The molecule has 2 N–H and O–H groups in total. The van der Waals surface area contributed by atoms with E-state index in [1.807, 2.05) is 16.7 Å². The van der Waals surface area contributed by atoms with Gasteiger partial charge in [-0.05, 0) is 25.0 Å². The van der Waals surface area contributed by atoms with Crippen LogP contribution >= 0.6 is 15.9 Å². The molecule has 1 fully saturated rings. The number of aromatic nitrogens is 3. The minimum absolute atomic E-state index is 0.0822. The topological polar surface area (TPSA) is 71.7 Å². The Morgan fingerprint density at radius 3 is 2.85 bits per heavy atom. The standard InChI is InChI=1S/C19H21BrN4O2/c1-26-15-10-12(20)9-14(18(15)25)17-19(22-13-5-3-2-4-6-13)24-8-7-21-11-16(24)23-17/h7-11,13,22,25H,2-6H2,1H3. The molecule has 7 heteroatoms. The Morgan fingerprint density at radius 2 is 2.08 bits per heavy atom. The predicted molar refractivity (Wildman–Crippen MR) is 105 cm³/mol. The Morgan fingerprint density at radius 1 is 1.27 bits per heavy atom. The van der Waals surface area contributed by atoms with E-state index >= 15 is 0 Å². The Kier molecular flexibility index (Phi) is 4.72. The number of hydrogen-bond donors (Lipinski definition) is 2. The summed E-state index contributed by atoms with van der Waals surface area (Å²) in [6, 6.07) is 4.01. The van der Waals surface area contributed by atoms with Crippen molar-refractivity contribution in [3.8, 4) is 22.8 Å². The third-order valence-corrected chi connectivity index (χ3v) is 5.35. The van der Waals surface area contributed by atoms with Gasteiger partial charge in [-0.25, -0.2) is 4.98 Å². The third kappa shape index (κ3) is 3.11. The zero-order valence-electron chi connectivity index (χ0n) is 14.6.